The van der Waals surface area contributed by atoms with Crippen LogP contribution in [0.25, 0.3) is 0 Å². The van der Waals surface area contributed by atoms with Crippen LogP contribution in [0.3, 0.4) is 0 Å². The number of amides is 2. The summed E-state index contributed by atoms with van der Waals surface area (Å²) in [6.45, 7) is 6.46. The van der Waals surface area contributed by atoms with Crippen LogP contribution >= 0.6 is 11.8 Å². The van der Waals surface area contributed by atoms with E-state index in [1.54, 1.807) is 0 Å². The predicted octanol–water partition coefficient (Wildman–Crippen LogP) is 2.14. The third kappa shape index (κ3) is 5.32. The van der Waals surface area contributed by atoms with E-state index in [9.17, 15) is 9.59 Å². The van der Waals surface area contributed by atoms with Crippen molar-refractivity contribution in [3.05, 3.63) is 35.7 Å². The van der Waals surface area contributed by atoms with E-state index in [0.717, 1.165) is 11.3 Å². The minimum atomic E-state index is -0.370. The number of nitrogens with one attached hydrogen (secondary N) is 1. The molecule has 1 atom stereocenters. The van der Waals surface area contributed by atoms with Crippen LogP contribution in [0.5, 0.6) is 0 Å². The zero-order valence-corrected chi connectivity index (χ0v) is 15.5. The van der Waals surface area contributed by atoms with Gasteiger partial charge < -0.3 is 15.6 Å². The maximum Gasteiger partial charge on any atom is 0.237 e. The molecule has 0 bridgehead atoms. The highest BCUT2D eigenvalue weighted by Crippen LogP contribution is 2.24. The number of nitrogens with two attached hydrogens (primary N) is 1. The highest BCUT2D eigenvalue weighted by molar-refractivity contribution is 8.00. The second-order valence-electron chi connectivity index (χ2n) is 5.72. The number of thioether (sulfide) groups is 1. The molecule has 8 heteroatoms. The highest BCUT2D eigenvalue weighted by atomic mass is 32.2. The predicted molar refractivity (Wildman–Crippen MR) is 98.3 cm³/mol. The Balaban J connectivity index is 2.01. The molecule has 0 saturated heterocycles. The first-order valence-electron chi connectivity index (χ1n) is 8.15. The van der Waals surface area contributed by atoms with Gasteiger partial charge in [-0.05, 0) is 32.9 Å². The summed E-state index contributed by atoms with van der Waals surface area (Å²) in [5.74, 6) is 0.235. The van der Waals surface area contributed by atoms with E-state index in [4.69, 9.17) is 5.73 Å². The summed E-state index contributed by atoms with van der Waals surface area (Å²) in [4.78, 5) is 23.3. The van der Waals surface area contributed by atoms with E-state index < -0.39 is 0 Å². The van der Waals surface area contributed by atoms with Crippen LogP contribution in [-0.2, 0) is 22.6 Å². The minimum Gasteiger partial charge on any atom is -0.370 e. The second-order valence-corrected chi connectivity index (χ2v) is 7.03. The van der Waals surface area contributed by atoms with Crippen LogP contribution in [0, 0.1) is 6.92 Å². The maximum atomic E-state index is 12.4. The molecule has 0 aliphatic heterocycles. The van der Waals surface area contributed by atoms with Crippen molar-refractivity contribution in [2.75, 3.05) is 5.32 Å². The van der Waals surface area contributed by atoms with E-state index >= 15 is 0 Å². The molecule has 0 spiro atoms. The molecular weight excluding hydrogens is 338 g/mol. The third-order valence-electron chi connectivity index (χ3n) is 3.68. The molecule has 0 aliphatic rings. The zero-order chi connectivity index (χ0) is 18.4. The van der Waals surface area contributed by atoms with Gasteiger partial charge in [0.1, 0.15) is 5.82 Å². The van der Waals surface area contributed by atoms with Gasteiger partial charge in [-0.1, -0.05) is 29.5 Å². The van der Waals surface area contributed by atoms with Crippen LogP contribution < -0.4 is 11.1 Å². The van der Waals surface area contributed by atoms with Gasteiger partial charge >= 0.3 is 0 Å². The second kappa shape index (κ2) is 8.66. The smallest absolute Gasteiger partial charge is 0.237 e. The first-order valence-corrected chi connectivity index (χ1v) is 9.03. The standard InChI is InChI=1S/C17H23N5O2S/c1-4-22-15(10-9-14(18)23)20-21-17(22)25-12(3)16(24)19-13-7-5-11(2)6-8-13/h5-8,12H,4,9-10H2,1-3H3,(H2,18,23)(H,19,24)/t12-/m0/s1. The lowest BCUT2D eigenvalue weighted by Gasteiger charge is -2.13. The van der Waals surface area contributed by atoms with Gasteiger partial charge in [0.15, 0.2) is 5.16 Å². The van der Waals surface area contributed by atoms with Crippen molar-refractivity contribution in [3.8, 4) is 0 Å². The van der Waals surface area contributed by atoms with Crippen LogP contribution in [0.2, 0.25) is 0 Å². The lowest BCUT2D eigenvalue weighted by atomic mass is 10.2. The molecule has 0 radical (unpaired) electrons. The van der Waals surface area contributed by atoms with E-state index in [-0.39, 0.29) is 23.5 Å². The van der Waals surface area contributed by atoms with Gasteiger partial charge in [0.25, 0.3) is 0 Å². The number of rotatable bonds is 8. The van der Waals surface area contributed by atoms with Gasteiger partial charge in [-0.25, -0.2) is 0 Å². The van der Waals surface area contributed by atoms with Crippen molar-refractivity contribution >= 4 is 29.3 Å². The van der Waals surface area contributed by atoms with Gasteiger partial charge in [-0.2, -0.15) is 0 Å². The largest absolute Gasteiger partial charge is 0.370 e. The molecule has 134 valence electrons. The van der Waals surface area contributed by atoms with E-state index in [1.807, 2.05) is 49.6 Å². The summed E-state index contributed by atoms with van der Waals surface area (Å²) in [5, 5.41) is 11.5. The topological polar surface area (TPSA) is 103 Å². The Morgan fingerprint density at radius 1 is 1.28 bits per heavy atom. The molecule has 1 aromatic heterocycles. The summed E-state index contributed by atoms with van der Waals surface area (Å²) in [5.41, 5.74) is 7.09. The number of carbonyl (C=O) groups is 2. The van der Waals surface area contributed by atoms with Crippen molar-refractivity contribution in [3.63, 3.8) is 0 Å². The van der Waals surface area contributed by atoms with Gasteiger partial charge in [0.05, 0.1) is 5.25 Å². The molecule has 1 aromatic carbocycles. The Morgan fingerprint density at radius 2 is 1.96 bits per heavy atom. The quantitative estimate of drug-likeness (QED) is 0.701. The molecule has 2 amide bonds. The fourth-order valence-corrected chi connectivity index (χ4v) is 3.17. The molecule has 0 unspecified atom stereocenters. The minimum absolute atomic E-state index is 0.0989. The van der Waals surface area contributed by atoms with Gasteiger partial charge in [-0.15, -0.1) is 10.2 Å². The number of benzene rings is 1. The number of primary amides is 1. The Hall–Kier alpha value is -2.35. The Morgan fingerprint density at radius 3 is 2.56 bits per heavy atom. The average Bonchev–Trinajstić information content (AvgIpc) is 2.96. The van der Waals surface area contributed by atoms with Crippen molar-refractivity contribution in [1.29, 1.82) is 0 Å². The highest BCUT2D eigenvalue weighted by Gasteiger charge is 2.20. The number of nitrogens with zero attached hydrogens (tertiary/aromatic N) is 3. The SMILES string of the molecule is CCn1c(CCC(N)=O)nnc1S[C@@H](C)C(=O)Nc1ccc(C)cc1. The number of hydrogen-bond acceptors (Lipinski definition) is 5. The summed E-state index contributed by atoms with van der Waals surface area (Å²) in [7, 11) is 0. The van der Waals surface area contributed by atoms with Gasteiger partial charge in [0.2, 0.25) is 11.8 Å². The van der Waals surface area contributed by atoms with Crippen molar-refractivity contribution in [1.82, 2.24) is 14.8 Å². The normalized spacial score (nSPS) is 12.0. The molecular formula is C17H23N5O2S. The molecule has 0 aliphatic carbocycles. The van der Waals surface area contributed by atoms with E-state index in [0.29, 0.717) is 23.9 Å². The molecule has 1 heterocycles. The van der Waals surface area contributed by atoms with Crippen LogP contribution in [0.1, 0.15) is 31.7 Å². The Labute approximate surface area is 151 Å². The first kappa shape index (κ1) is 19.0. The molecule has 2 aromatic rings. The number of carbonyl (C=O) groups excluding carboxylic acids is 2. The number of aryl methyl sites for hydroxylation is 2. The maximum absolute atomic E-state index is 12.4. The zero-order valence-electron chi connectivity index (χ0n) is 14.7. The third-order valence-corrected chi connectivity index (χ3v) is 4.76. The van der Waals surface area contributed by atoms with Crippen LogP contribution in [0.4, 0.5) is 5.69 Å². The lowest BCUT2D eigenvalue weighted by Crippen LogP contribution is -2.23. The lowest BCUT2D eigenvalue weighted by molar-refractivity contribution is -0.118. The Bertz CT molecular complexity index is 742. The van der Waals surface area contributed by atoms with Gasteiger partial charge in [-0.3, -0.25) is 9.59 Å². The first-order chi connectivity index (χ1) is 11.9. The molecule has 0 saturated carbocycles. The monoisotopic (exact) mass is 361 g/mol. The van der Waals surface area contributed by atoms with Crippen LogP contribution in [0.15, 0.2) is 29.4 Å². The number of aromatic nitrogens is 3. The van der Waals surface area contributed by atoms with Gasteiger partial charge in [0, 0.05) is 25.1 Å². The van der Waals surface area contributed by atoms with Crippen molar-refractivity contribution in [2.24, 2.45) is 5.73 Å². The van der Waals surface area contributed by atoms with E-state index in [1.165, 1.54) is 11.8 Å². The van der Waals surface area contributed by atoms with Crippen molar-refractivity contribution < 1.29 is 9.59 Å². The Kier molecular flexibility index (Phi) is 6.58. The summed E-state index contributed by atoms with van der Waals surface area (Å²) in [6, 6.07) is 7.65. The van der Waals surface area contributed by atoms with Crippen LogP contribution in [-0.4, -0.2) is 31.8 Å². The molecule has 7 nitrogen and oxygen atoms in total. The number of hydrogen-bond donors (Lipinski definition) is 2. The fraction of sp³-hybridized carbons (Fsp3) is 0.412. The molecule has 25 heavy (non-hydrogen) atoms. The van der Waals surface area contributed by atoms with E-state index in [2.05, 4.69) is 15.5 Å². The average molecular weight is 361 g/mol. The summed E-state index contributed by atoms with van der Waals surface area (Å²) in [6.07, 6.45) is 0.674. The summed E-state index contributed by atoms with van der Waals surface area (Å²) < 4.78 is 1.91. The summed E-state index contributed by atoms with van der Waals surface area (Å²) >= 11 is 1.34. The molecule has 3 N–H and O–H groups in total. The number of anilines is 1. The van der Waals surface area contributed by atoms with Crippen molar-refractivity contribution in [2.45, 2.75) is 50.6 Å². The molecule has 2 rings (SSSR count). The molecule has 0 fully saturated rings. The fourth-order valence-electron chi connectivity index (χ4n) is 2.24.